The quantitative estimate of drug-likeness (QED) is 0.457. The molecule has 4 aromatic rings. The number of halogens is 1. The first-order valence-corrected chi connectivity index (χ1v) is 10.9. The molecule has 3 aromatic heterocycles. The van der Waals surface area contributed by atoms with Gasteiger partial charge in [-0.2, -0.15) is 4.98 Å². The predicted octanol–water partition coefficient (Wildman–Crippen LogP) is 4.54. The number of aryl methyl sites for hydroxylation is 2. The number of benzene rings is 1. The molecule has 0 aliphatic carbocycles. The van der Waals surface area contributed by atoms with Crippen LogP contribution in [0.25, 0.3) is 23.0 Å². The van der Waals surface area contributed by atoms with Crippen LogP contribution in [-0.4, -0.2) is 30.8 Å². The summed E-state index contributed by atoms with van der Waals surface area (Å²) >= 11 is 6.46. The number of aromatic nitrogens is 5. The number of hydrogen-bond acceptors (Lipinski definition) is 7. The van der Waals surface area contributed by atoms with Crippen molar-refractivity contribution in [2.75, 3.05) is 5.32 Å². The van der Waals surface area contributed by atoms with Crippen LogP contribution in [0, 0.1) is 0 Å². The highest BCUT2D eigenvalue weighted by atomic mass is 35.5. The van der Waals surface area contributed by atoms with Gasteiger partial charge >= 0.3 is 0 Å². The third-order valence-electron chi connectivity index (χ3n) is 5.38. The molecule has 0 radical (unpaired) electrons. The topological polar surface area (TPSA) is 112 Å². The molecule has 0 saturated carbocycles. The number of nitrogens with zero attached hydrogens (tertiary/aromatic N) is 5. The van der Waals surface area contributed by atoms with Gasteiger partial charge in [-0.15, -0.1) is 10.2 Å². The van der Waals surface area contributed by atoms with E-state index in [0.29, 0.717) is 34.6 Å². The Morgan fingerprint density at radius 2 is 2.12 bits per heavy atom. The summed E-state index contributed by atoms with van der Waals surface area (Å²) in [5.41, 5.74) is 1.40. The number of hydrogen-bond donors (Lipinski definition) is 1. The molecule has 0 spiro atoms. The lowest BCUT2D eigenvalue weighted by molar-refractivity contribution is -0.116. The molecule has 1 aliphatic rings. The van der Waals surface area contributed by atoms with Crippen molar-refractivity contribution in [3.05, 3.63) is 53.3 Å². The highest BCUT2D eigenvalue weighted by Crippen LogP contribution is 2.31. The van der Waals surface area contributed by atoms with E-state index < -0.39 is 0 Å². The van der Waals surface area contributed by atoms with E-state index in [4.69, 9.17) is 20.5 Å². The van der Waals surface area contributed by atoms with E-state index >= 15 is 0 Å². The van der Waals surface area contributed by atoms with Crippen molar-refractivity contribution in [1.82, 2.24) is 24.9 Å². The molecule has 5 rings (SSSR count). The molecule has 1 aliphatic heterocycles. The molecule has 0 saturated heterocycles. The summed E-state index contributed by atoms with van der Waals surface area (Å²) in [7, 11) is 0. The molecule has 1 aromatic carbocycles. The Labute approximate surface area is 188 Å². The lowest BCUT2D eigenvalue weighted by Gasteiger charge is -2.11. The molecule has 0 bridgehead atoms. The number of fused-ring (bicyclic) bond motifs is 1. The largest absolute Gasteiger partial charge is 0.461 e. The number of nitrogens with one attached hydrogen (secondary N) is 1. The number of carbonyl (C=O) groups is 1. The molecule has 164 valence electrons. The Balaban J connectivity index is 1.26. The van der Waals surface area contributed by atoms with Crippen LogP contribution in [0.2, 0.25) is 5.02 Å². The Morgan fingerprint density at radius 1 is 1.19 bits per heavy atom. The Bertz CT molecular complexity index is 1230. The summed E-state index contributed by atoms with van der Waals surface area (Å²) in [6.07, 6.45) is 6.34. The van der Waals surface area contributed by atoms with Gasteiger partial charge < -0.3 is 18.8 Å². The van der Waals surface area contributed by atoms with Gasteiger partial charge in [-0.1, -0.05) is 23.2 Å². The molecule has 0 unspecified atom stereocenters. The van der Waals surface area contributed by atoms with Gasteiger partial charge in [-0.25, -0.2) is 0 Å². The van der Waals surface area contributed by atoms with Crippen molar-refractivity contribution >= 4 is 23.2 Å². The zero-order valence-electron chi connectivity index (χ0n) is 17.3. The van der Waals surface area contributed by atoms with Gasteiger partial charge in [-0.05, 0) is 43.2 Å². The molecular formula is C22H21ClN6O3. The highest BCUT2D eigenvalue weighted by molar-refractivity contribution is 6.33. The van der Waals surface area contributed by atoms with Gasteiger partial charge in [0.2, 0.25) is 17.6 Å². The third kappa shape index (κ3) is 4.29. The number of furan rings is 1. The number of carbonyl (C=O) groups excluding carboxylic acids is 1. The van der Waals surface area contributed by atoms with Crippen LogP contribution in [0.3, 0.4) is 0 Å². The summed E-state index contributed by atoms with van der Waals surface area (Å²) in [6, 6.07) is 8.86. The van der Waals surface area contributed by atoms with Crippen molar-refractivity contribution in [1.29, 1.82) is 0 Å². The van der Waals surface area contributed by atoms with E-state index in [1.165, 1.54) is 12.7 Å². The van der Waals surface area contributed by atoms with E-state index in [2.05, 4.69) is 30.2 Å². The maximum atomic E-state index is 12.5. The Kier molecular flexibility index (Phi) is 5.72. The average molecular weight is 453 g/mol. The molecule has 10 heteroatoms. The summed E-state index contributed by atoms with van der Waals surface area (Å²) in [5, 5.41) is 16.1. The van der Waals surface area contributed by atoms with Crippen LogP contribution in [0.1, 0.15) is 37.4 Å². The SMILES string of the molecule is O=C(CCc1nc(-c2ccco2)no1)Nc1ccc(Cl)c(-c2nnc3n2CCCCC3)c1. The van der Waals surface area contributed by atoms with E-state index in [0.717, 1.165) is 43.0 Å². The molecule has 4 heterocycles. The minimum absolute atomic E-state index is 0.170. The molecular weight excluding hydrogens is 432 g/mol. The van der Waals surface area contributed by atoms with Crippen molar-refractivity contribution in [2.24, 2.45) is 0 Å². The fourth-order valence-corrected chi connectivity index (χ4v) is 3.97. The van der Waals surface area contributed by atoms with E-state index in [-0.39, 0.29) is 12.3 Å². The smallest absolute Gasteiger partial charge is 0.238 e. The summed E-state index contributed by atoms with van der Waals surface area (Å²) in [5.74, 6) is 2.80. The highest BCUT2D eigenvalue weighted by Gasteiger charge is 2.19. The Morgan fingerprint density at radius 3 is 3.00 bits per heavy atom. The van der Waals surface area contributed by atoms with Gasteiger partial charge in [0.05, 0.1) is 11.3 Å². The van der Waals surface area contributed by atoms with Crippen molar-refractivity contribution in [3.63, 3.8) is 0 Å². The fraction of sp³-hybridized carbons (Fsp3) is 0.318. The molecule has 1 N–H and O–H groups in total. The fourth-order valence-electron chi connectivity index (χ4n) is 3.76. The minimum Gasteiger partial charge on any atom is -0.461 e. The first kappa shape index (κ1) is 20.4. The maximum Gasteiger partial charge on any atom is 0.238 e. The van der Waals surface area contributed by atoms with E-state index in [1.807, 2.05) is 6.07 Å². The zero-order valence-corrected chi connectivity index (χ0v) is 18.0. The standard InChI is InChI=1S/C22H21ClN6O3/c23-16-8-7-14(13-15(16)22-27-26-18-6-2-1-3-11-29(18)22)24-19(30)9-10-20-25-21(28-32-20)17-5-4-12-31-17/h4-5,7-8,12-13H,1-3,6,9-11H2,(H,24,30). The normalized spacial score (nSPS) is 13.5. The van der Waals surface area contributed by atoms with Gasteiger partial charge in [0.15, 0.2) is 11.6 Å². The number of anilines is 1. The average Bonchev–Trinajstić information content (AvgIpc) is 3.53. The van der Waals surface area contributed by atoms with Gasteiger partial charge in [0, 0.05) is 37.1 Å². The first-order valence-electron chi connectivity index (χ1n) is 10.6. The Hall–Kier alpha value is -3.46. The molecule has 0 atom stereocenters. The van der Waals surface area contributed by atoms with Crippen LogP contribution in [0.5, 0.6) is 0 Å². The van der Waals surface area contributed by atoms with Crippen LogP contribution in [0.4, 0.5) is 5.69 Å². The van der Waals surface area contributed by atoms with Crippen LogP contribution >= 0.6 is 11.6 Å². The third-order valence-corrected chi connectivity index (χ3v) is 5.71. The van der Waals surface area contributed by atoms with Crippen LogP contribution in [-0.2, 0) is 24.2 Å². The summed E-state index contributed by atoms with van der Waals surface area (Å²) < 4.78 is 12.6. The minimum atomic E-state index is -0.170. The number of rotatable bonds is 6. The zero-order chi connectivity index (χ0) is 21.9. The van der Waals surface area contributed by atoms with Gasteiger partial charge in [0.25, 0.3) is 0 Å². The maximum absolute atomic E-state index is 12.5. The second-order valence-electron chi connectivity index (χ2n) is 7.63. The second kappa shape index (κ2) is 8.96. The predicted molar refractivity (Wildman–Crippen MR) is 117 cm³/mol. The van der Waals surface area contributed by atoms with E-state index in [9.17, 15) is 4.79 Å². The van der Waals surface area contributed by atoms with Crippen LogP contribution in [0.15, 0.2) is 45.5 Å². The monoisotopic (exact) mass is 452 g/mol. The lowest BCUT2D eigenvalue weighted by atomic mass is 10.1. The summed E-state index contributed by atoms with van der Waals surface area (Å²) in [6.45, 7) is 0.870. The second-order valence-corrected chi connectivity index (χ2v) is 8.04. The van der Waals surface area contributed by atoms with Crippen molar-refractivity contribution < 1.29 is 13.7 Å². The van der Waals surface area contributed by atoms with Gasteiger partial charge in [0.1, 0.15) is 5.82 Å². The number of amides is 1. The summed E-state index contributed by atoms with van der Waals surface area (Å²) in [4.78, 5) is 16.7. The van der Waals surface area contributed by atoms with Crippen LogP contribution < -0.4 is 5.32 Å². The molecule has 0 fully saturated rings. The van der Waals surface area contributed by atoms with Crippen molar-refractivity contribution in [2.45, 2.75) is 45.1 Å². The van der Waals surface area contributed by atoms with E-state index in [1.54, 1.807) is 24.3 Å². The first-order chi connectivity index (χ1) is 15.7. The van der Waals surface area contributed by atoms with Gasteiger partial charge in [-0.3, -0.25) is 4.79 Å². The molecule has 32 heavy (non-hydrogen) atoms. The van der Waals surface area contributed by atoms with Crippen molar-refractivity contribution in [3.8, 4) is 23.0 Å². The molecule has 9 nitrogen and oxygen atoms in total. The lowest BCUT2D eigenvalue weighted by Crippen LogP contribution is -2.12. The molecule has 1 amide bonds.